The van der Waals surface area contributed by atoms with Crippen LogP contribution in [0.3, 0.4) is 0 Å². The van der Waals surface area contributed by atoms with Crippen molar-refractivity contribution in [2.75, 3.05) is 26.2 Å². The van der Waals surface area contributed by atoms with Crippen LogP contribution in [0.2, 0.25) is 0 Å². The molecule has 122 valence electrons. The third-order valence-electron chi connectivity index (χ3n) is 4.86. The summed E-state index contributed by atoms with van der Waals surface area (Å²) in [5.41, 5.74) is 1.39. The Morgan fingerprint density at radius 3 is 3.18 bits per heavy atom. The zero-order valence-corrected chi connectivity index (χ0v) is 13.5. The minimum Gasteiger partial charge on any atom is -0.334 e. The fourth-order valence-electron chi connectivity index (χ4n) is 3.66. The minimum absolute atomic E-state index is 0.0641. The number of rotatable bonds is 4. The Balaban J connectivity index is 1.50. The van der Waals surface area contributed by atoms with E-state index in [2.05, 4.69) is 22.7 Å². The molecule has 6 nitrogen and oxygen atoms in total. The third-order valence-corrected chi connectivity index (χ3v) is 4.86. The highest BCUT2D eigenvalue weighted by Crippen LogP contribution is 2.35. The number of amides is 2. The molecule has 0 aromatic carbocycles. The van der Waals surface area contributed by atoms with Gasteiger partial charge in [-0.25, -0.2) is 4.79 Å². The summed E-state index contributed by atoms with van der Waals surface area (Å²) in [6.45, 7) is 7.53. The van der Waals surface area contributed by atoms with E-state index < -0.39 is 0 Å². The van der Waals surface area contributed by atoms with E-state index in [9.17, 15) is 4.79 Å². The van der Waals surface area contributed by atoms with Crippen molar-refractivity contribution in [1.29, 1.82) is 0 Å². The number of hydrogen-bond acceptors (Lipinski definition) is 3. The molecule has 2 aliphatic rings. The molecule has 3 rings (SSSR count). The Kier molecular flexibility index (Phi) is 4.66. The monoisotopic (exact) mass is 305 g/mol. The molecule has 2 aliphatic heterocycles. The van der Waals surface area contributed by atoms with E-state index in [1.54, 1.807) is 0 Å². The maximum absolute atomic E-state index is 12.4. The van der Waals surface area contributed by atoms with Crippen LogP contribution in [0.5, 0.6) is 0 Å². The predicted octanol–water partition coefficient (Wildman–Crippen LogP) is 1.58. The highest BCUT2D eigenvalue weighted by Gasteiger charge is 2.39. The molecule has 1 spiro atoms. The number of hydrogen-bond donors (Lipinski definition) is 2. The molecular formula is C16H27N5O. The molecule has 6 heteroatoms. The molecule has 0 bridgehead atoms. The summed E-state index contributed by atoms with van der Waals surface area (Å²) in [4.78, 5) is 14.4. The molecule has 0 radical (unpaired) electrons. The molecule has 2 fully saturated rings. The van der Waals surface area contributed by atoms with Gasteiger partial charge in [-0.1, -0.05) is 6.92 Å². The fourth-order valence-corrected chi connectivity index (χ4v) is 3.66. The minimum atomic E-state index is 0.0641. The van der Waals surface area contributed by atoms with E-state index in [-0.39, 0.29) is 6.03 Å². The first-order valence-electron chi connectivity index (χ1n) is 8.46. The Morgan fingerprint density at radius 1 is 1.50 bits per heavy atom. The lowest BCUT2D eigenvalue weighted by Gasteiger charge is -2.39. The Morgan fingerprint density at radius 2 is 2.41 bits per heavy atom. The van der Waals surface area contributed by atoms with Crippen LogP contribution < -0.4 is 10.6 Å². The molecule has 0 aliphatic carbocycles. The van der Waals surface area contributed by atoms with Gasteiger partial charge in [-0.05, 0) is 32.2 Å². The summed E-state index contributed by atoms with van der Waals surface area (Å²) in [6.07, 6.45) is 8.48. The quantitative estimate of drug-likeness (QED) is 0.888. The number of likely N-dealkylation sites (tertiary alicyclic amines) is 1. The van der Waals surface area contributed by atoms with Gasteiger partial charge < -0.3 is 15.5 Å². The lowest BCUT2D eigenvalue weighted by molar-refractivity contribution is 0.118. The lowest BCUT2D eigenvalue weighted by Crippen LogP contribution is -2.50. The second kappa shape index (κ2) is 6.69. The summed E-state index contributed by atoms with van der Waals surface area (Å²) >= 11 is 0. The van der Waals surface area contributed by atoms with Crippen LogP contribution >= 0.6 is 0 Å². The second-order valence-corrected chi connectivity index (χ2v) is 6.72. The number of aryl methyl sites for hydroxylation is 1. The molecule has 2 amide bonds. The Hall–Kier alpha value is -1.56. The first-order valence-corrected chi connectivity index (χ1v) is 8.46. The van der Waals surface area contributed by atoms with Gasteiger partial charge in [0.15, 0.2) is 0 Å². The van der Waals surface area contributed by atoms with E-state index >= 15 is 0 Å². The average molecular weight is 305 g/mol. The van der Waals surface area contributed by atoms with Crippen LogP contribution in [0.1, 0.15) is 38.2 Å². The van der Waals surface area contributed by atoms with Crippen molar-refractivity contribution in [3.05, 3.63) is 18.0 Å². The van der Waals surface area contributed by atoms with E-state index in [1.165, 1.54) is 12.8 Å². The van der Waals surface area contributed by atoms with Crippen molar-refractivity contribution in [1.82, 2.24) is 25.3 Å². The maximum atomic E-state index is 12.4. The highest BCUT2D eigenvalue weighted by atomic mass is 16.2. The zero-order chi connectivity index (χ0) is 15.4. The van der Waals surface area contributed by atoms with Crippen molar-refractivity contribution >= 4 is 6.03 Å². The third kappa shape index (κ3) is 3.43. The van der Waals surface area contributed by atoms with Crippen molar-refractivity contribution in [2.45, 2.75) is 45.7 Å². The Labute approximate surface area is 132 Å². The van der Waals surface area contributed by atoms with E-state index in [0.29, 0.717) is 12.0 Å². The van der Waals surface area contributed by atoms with Crippen molar-refractivity contribution in [3.63, 3.8) is 0 Å². The van der Waals surface area contributed by atoms with Crippen molar-refractivity contribution in [2.24, 2.45) is 5.41 Å². The molecule has 3 heterocycles. The molecule has 1 atom stereocenters. The smallest absolute Gasteiger partial charge is 0.317 e. The number of carbonyl (C=O) groups is 1. The molecule has 1 unspecified atom stereocenters. The maximum Gasteiger partial charge on any atom is 0.317 e. The number of nitrogens with one attached hydrogen (secondary N) is 2. The van der Waals surface area contributed by atoms with Gasteiger partial charge in [-0.15, -0.1) is 0 Å². The molecule has 2 saturated heterocycles. The standard InChI is InChI=1S/C16H27N5O/c1-2-7-21-11-14(10-19-21)9-18-15(22)20-8-3-4-16(13-20)5-6-17-12-16/h10-11,17H,2-9,12-13H2,1H3,(H,18,22). The van der Waals surface area contributed by atoms with Gasteiger partial charge in [0.25, 0.3) is 0 Å². The van der Waals surface area contributed by atoms with Crippen LogP contribution in [0.15, 0.2) is 12.4 Å². The number of nitrogens with zero attached hydrogens (tertiary/aromatic N) is 3. The van der Waals surface area contributed by atoms with Crippen LogP contribution in [0, 0.1) is 5.41 Å². The van der Waals surface area contributed by atoms with Gasteiger partial charge in [-0.2, -0.15) is 5.10 Å². The molecule has 1 aromatic heterocycles. The first-order chi connectivity index (χ1) is 10.7. The summed E-state index contributed by atoms with van der Waals surface area (Å²) in [6, 6.07) is 0.0641. The summed E-state index contributed by atoms with van der Waals surface area (Å²) in [5, 5.41) is 10.8. The van der Waals surface area contributed by atoms with Crippen molar-refractivity contribution in [3.8, 4) is 0 Å². The van der Waals surface area contributed by atoms with E-state index in [0.717, 1.165) is 51.1 Å². The van der Waals surface area contributed by atoms with E-state index in [4.69, 9.17) is 0 Å². The van der Waals surface area contributed by atoms with Gasteiger partial charge in [0.05, 0.1) is 6.20 Å². The Bertz CT molecular complexity index is 506. The van der Waals surface area contributed by atoms with Gasteiger partial charge in [-0.3, -0.25) is 4.68 Å². The molecular weight excluding hydrogens is 278 g/mol. The highest BCUT2D eigenvalue weighted by molar-refractivity contribution is 5.74. The van der Waals surface area contributed by atoms with Gasteiger partial charge in [0.2, 0.25) is 0 Å². The van der Waals surface area contributed by atoms with Crippen molar-refractivity contribution < 1.29 is 4.79 Å². The number of aromatic nitrogens is 2. The van der Waals surface area contributed by atoms with Gasteiger partial charge >= 0.3 is 6.03 Å². The van der Waals surface area contributed by atoms with Gasteiger partial charge in [0, 0.05) is 49.9 Å². The average Bonchev–Trinajstić information content (AvgIpc) is 3.15. The summed E-state index contributed by atoms with van der Waals surface area (Å²) in [7, 11) is 0. The number of urea groups is 1. The predicted molar refractivity (Wildman–Crippen MR) is 85.5 cm³/mol. The van der Waals surface area contributed by atoms with Crippen LogP contribution in [0.4, 0.5) is 4.79 Å². The van der Waals surface area contributed by atoms with E-state index in [1.807, 2.05) is 22.0 Å². The topological polar surface area (TPSA) is 62.2 Å². The summed E-state index contributed by atoms with van der Waals surface area (Å²) in [5.74, 6) is 0. The largest absolute Gasteiger partial charge is 0.334 e. The van der Waals surface area contributed by atoms with Gasteiger partial charge in [0.1, 0.15) is 0 Å². The van der Waals surface area contributed by atoms with Crippen LogP contribution in [-0.4, -0.2) is 46.9 Å². The summed E-state index contributed by atoms with van der Waals surface area (Å²) < 4.78 is 1.93. The SMILES string of the molecule is CCCn1cc(CNC(=O)N2CCCC3(CCNC3)C2)cn1. The molecule has 0 saturated carbocycles. The van der Waals surface area contributed by atoms with Crippen LogP contribution in [-0.2, 0) is 13.1 Å². The first kappa shape index (κ1) is 15.3. The molecule has 2 N–H and O–H groups in total. The second-order valence-electron chi connectivity index (χ2n) is 6.72. The fraction of sp³-hybridized carbons (Fsp3) is 0.750. The molecule has 22 heavy (non-hydrogen) atoms. The lowest BCUT2D eigenvalue weighted by atomic mass is 9.79. The number of piperidine rings is 1. The van der Waals surface area contributed by atoms with Crippen LogP contribution in [0.25, 0.3) is 0 Å². The number of carbonyl (C=O) groups excluding carboxylic acids is 1. The normalized spacial score (nSPS) is 24.9. The molecule has 1 aromatic rings. The zero-order valence-electron chi connectivity index (χ0n) is 13.5.